The van der Waals surface area contributed by atoms with Gasteiger partial charge >= 0.3 is 0 Å². The fourth-order valence-corrected chi connectivity index (χ4v) is 3.07. The molecule has 3 aromatic carbocycles. The number of carbonyl (C=O) groups excluding carboxylic acids is 1. The van der Waals surface area contributed by atoms with E-state index in [1.807, 2.05) is 30.3 Å². The lowest BCUT2D eigenvalue weighted by atomic mass is 9.99. The molecule has 0 aliphatic heterocycles. The van der Waals surface area contributed by atoms with E-state index in [1.54, 1.807) is 36.4 Å². The van der Waals surface area contributed by atoms with Gasteiger partial charge in [0.15, 0.2) is 5.78 Å². The van der Waals surface area contributed by atoms with E-state index in [0.29, 0.717) is 11.1 Å². The Morgan fingerprint density at radius 3 is 1.67 bits per heavy atom. The lowest BCUT2D eigenvalue weighted by Gasteiger charge is -2.15. The summed E-state index contributed by atoms with van der Waals surface area (Å²) in [5.41, 5.74) is 2.98. The van der Waals surface area contributed by atoms with Crippen molar-refractivity contribution in [2.24, 2.45) is 0 Å². The van der Waals surface area contributed by atoms with E-state index in [-0.39, 0.29) is 10.7 Å². The molecule has 0 radical (unpaired) electrons. The summed E-state index contributed by atoms with van der Waals surface area (Å²) >= 11 is 0. The second-order valence-electron chi connectivity index (χ2n) is 5.52. The Balaban J connectivity index is 1.83. The molecule has 0 fully saturated rings. The molecule has 24 heavy (non-hydrogen) atoms. The first kappa shape index (κ1) is 16.4. The van der Waals surface area contributed by atoms with Crippen LogP contribution in [0.1, 0.15) is 15.9 Å². The average molecular weight is 342 g/mol. The molecule has 122 valence electrons. The molecule has 0 saturated heterocycles. The van der Waals surface area contributed by atoms with Crippen molar-refractivity contribution in [3.05, 3.63) is 90.0 Å². The monoisotopic (exact) mass is 342 g/mol. The van der Waals surface area contributed by atoms with E-state index < -0.39 is 10.8 Å². The maximum atomic E-state index is 13.3. The first-order valence-electron chi connectivity index (χ1n) is 7.43. The number of ketones is 1. The van der Waals surface area contributed by atoms with Gasteiger partial charge in [-0.15, -0.1) is 0 Å². The molecule has 0 bridgehead atoms. The van der Waals surface area contributed by atoms with Crippen LogP contribution >= 0.6 is 10.8 Å². The van der Waals surface area contributed by atoms with Gasteiger partial charge in [0.05, 0.1) is 10.8 Å². The summed E-state index contributed by atoms with van der Waals surface area (Å²) in [7, 11) is -3.70. The van der Waals surface area contributed by atoms with E-state index in [2.05, 4.69) is 0 Å². The van der Waals surface area contributed by atoms with Gasteiger partial charge in [-0.1, -0.05) is 66.7 Å². The molecule has 0 N–H and O–H groups in total. The van der Waals surface area contributed by atoms with E-state index >= 15 is 0 Å². The summed E-state index contributed by atoms with van der Waals surface area (Å²) in [6, 6.07) is 22.6. The molecule has 0 aliphatic rings. The zero-order chi connectivity index (χ0) is 17.2. The lowest BCUT2D eigenvalue weighted by Crippen LogP contribution is -2.00. The fourth-order valence-electron chi connectivity index (χ4n) is 2.46. The highest BCUT2D eigenvalue weighted by molar-refractivity contribution is 8.24. The molecule has 0 aromatic heterocycles. The summed E-state index contributed by atoms with van der Waals surface area (Å²) in [5, 5.41) is 0. The molecular formula is C20H16F2OS. The Kier molecular flexibility index (Phi) is 4.49. The lowest BCUT2D eigenvalue weighted by molar-refractivity contribution is 0.103. The number of halogens is 2. The van der Waals surface area contributed by atoms with E-state index in [4.69, 9.17) is 0 Å². The van der Waals surface area contributed by atoms with Crippen molar-refractivity contribution in [2.45, 2.75) is 4.90 Å². The third-order valence-electron chi connectivity index (χ3n) is 3.78. The molecular weight excluding hydrogens is 326 g/mol. The smallest absolute Gasteiger partial charge is 0.193 e. The van der Waals surface area contributed by atoms with Crippen molar-refractivity contribution in [1.29, 1.82) is 0 Å². The Labute approximate surface area is 141 Å². The Hall–Kier alpha value is -2.46. The van der Waals surface area contributed by atoms with Crippen LogP contribution in [-0.4, -0.2) is 12.0 Å². The van der Waals surface area contributed by atoms with Crippen molar-refractivity contribution in [2.75, 3.05) is 6.26 Å². The molecule has 4 heteroatoms. The van der Waals surface area contributed by atoms with Crippen LogP contribution in [0.4, 0.5) is 7.77 Å². The predicted octanol–water partition coefficient (Wildman–Crippen LogP) is 6.15. The quantitative estimate of drug-likeness (QED) is 0.520. The van der Waals surface area contributed by atoms with Crippen LogP contribution in [0.15, 0.2) is 83.8 Å². The topological polar surface area (TPSA) is 17.1 Å². The highest BCUT2D eigenvalue weighted by atomic mass is 32.3. The molecule has 1 nitrogen and oxygen atoms in total. The molecule has 0 unspecified atom stereocenters. The Morgan fingerprint density at radius 1 is 0.708 bits per heavy atom. The third kappa shape index (κ3) is 3.54. The van der Waals surface area contributed by atoms with Crippen LogP contribution < -0.4 is 0 Å². The van der Waals surface area contributed by atoms with E-state index in [0.717, 1.165) is 17.4 Å². The predicted molar refractivity (Wildman–Crippen MR) is 95.7 cm³/mol. The van der Waals surface area contributed by atoms with Gasteiger partial charge in [-0.2, -0.15) is 7.77 Å². The zero-order valence-electron chi connectivity index (χ0n) is 13.1. The minimum absolute atomic E-state index is 0.0354. The van der Waals surface area contributed by atoms with Gasteiger partial charge in [0.1, 0.15) is 0 Å². The number of hydrogen-bond donors (Lipinski definition) is 0. The SMILES string of the molecule is CS(F)(F)c1ccc(-c2ccc(C(=O)c3ccccc3)cc2)cc1. The maximum absolute atomic E-state index is 13.3. The van der Waals surface area contributed by atoms with Gasteiger partial charge in [0.25, 0.3) is 0 Å². The van der Waals surface area contributed by atoms with Gasteiger partial charge in [-0.05, 0) is 23.3 Å². The first-order valence-corrected chi connectivity index (χ1v) is 9.27. The van der Waals surface area contributed by atoms with Crippen molar-refractivity contribution >= 4 is 16.6 Å². The van der Waals surface area contributed by atoms with Gasteiger partial charge < -0.3 is 0 Å². The summed E-state index contributed by atoms with van der Waals surface area (Å²) in [4.78, 5) is 12.4. The van der Waals surface area contributed by atoms with Crippen molar-refractivity contribution in [1.82, 2.24) is 0 Å². The summed E-state index contributed by atoms with van der Waals surface area (Å²) in [5.74, 6) is -0.0354. The normalized spacial score (nSPS) is 12.0. The first-order chi connectivity index (χ1) is 11.4. The number of hydrogen-bond acceptors (Lipinski definition) is 1. The largest absolute Gasteiger partial charge is 0.289 e. The fraction of sp³-hybridized carbons (Fsp3) is 0.0500. The average Bonchev–Trinajstić information content (AvgIpc) is 2.61. The van der Waals surface area contributed by atoms with E-state index in [1.165, 1.54) is 12.1 Å². The number of carbonyl (C=O) groups is 1. The summed E-state index contributed by atoms with van der Waals surface area (Å²) in [6.07, 6.45) is 0.964. The molecule has 0 amide bonds. The number of benzene rings is 3. The molecule has 3 aromatic rings. The molecule has 0 saturated carbocycles. The molecule has 0 heterocycles. The van der Waals surface area contributed by atoms with Crippen LogP contribution in [0.3, 0.4) is 0 Å². The standard InChI is InChI=1S/C20H16F2OS/c1-24(21,22)19-13-11-16(12-14-19)15-7-9-18(10-8-15)20(23)17-5-3-2-4-6-17/h2-14H,1H3. The zero-order valence-corrected chi connectivity index (χ0v) is 13.9. The van der Waals surface area contributed by atoms with Crippen molar-refractivity contribution < 1.29 is 12.6 Å². The second kappa shape index (κ2) is 6.57. The molecule has 3 rings (SSSR count). The summed E-state index contributed by atoms with van der Waals surface area (Å²) in [6.45, 7) is 0. The maximum Gasteiger partial charge on any atom is 0.193 e. The minimum atomic E-state index is -3.70. The van der Waals surface area contributed by atoms with Crippen molar-refractivity contribution in [3.8, 4) is 11.1 Å². The van der Waals surface area contributed by atoms with Gasteiger partial charge in [-0.3, -0.25) is 4.79 Å². The molecule has 0 aliphatic carbocycles. The highest BCUT2D eigenvalue weighted by Crippen LogP contribution is 2.55. The van der Waals surface area contributed by atoms with Gasteiger partial charge in [0, 0.05) is 22.3 Å². The molecule has 0 spiro atoms. The highest BCUT2D eigenvalue weighted by Gasteiger charge is 2.17. The Bertz CT molecular complexity index is 836. The van der Waals surface area contributed by atoms with Crippen LogP contribution in [0, 0.1) is 0 Å². The Morgan fingerprint density at radius 2 is 1.17 bits per heavy atom. The van der Waals surface area contributed by atoms with Crippen LogP contribution in [-0.2, 0) is 0 Å². The van der Waals surface area contributed by atoms with Crippen molar-refractivity contribution in [3.63, 3.8) is 0 Å². The van der Waals surface area contributed by atoms with Crippen LogP contribution in [0.2, 0.25) is 0 Å². The number of rotatable bonds is 4. The van der Waals surface area contributed by atoms with E-state index in [9.17, 15) is 12.6 Å². The van der Waals surface area contributed by atoms with Crippen LogP contribution in [0.25, 0.3) is 11.1 Å². The van der Waals surface area contributed by atoms with Crippen LogP contribution in [0.5, 0.6) is 0 Å². The van der Waals surface area contributed by atoms with Gasteiger partial charge in [0.2, 0.25) is 0 Å². The molecule has 0 atom stereocenters. The second-order valence-corrected chi connectivity index (χ2v) is 7.44. The third-order valence-corrected chi connectivity index (χ3v) is 4.88. The van der Waals surface area contributed by atoms with Gasteiger partial charge in [-0.25, -0.2) is 0 Å². The summed E-state index contributed by atoms with van der Waals surface area (Å²) < 4.78 is 26.7. The minimum Gasteiger partial charge on any atom is -0.289 e.